The Balaban J connectivity index is 2.54. The van der Waals surface area contributed by atoms with Crippen LogP contribution in [0.1, 0.15) is 32.6 Å². The molecule has 0 N–H and O–H groups in total. The van der Waals surface area contributed by atoms with Crippen LogP contribution in [0.4, 0.5) is 8.78 Å². The summed E-state index contributed by atoms with van der Waals surface area (Å²) < 4.78 is 52.4. The first kappa shape index (κ1) is 11.8. The summed E-state index contributed by atoms with van der Waals surface area (Å²) in [7, 11) is -3.60. The first-order valence-electron chi connectivity index (χ1n) is 4.63. The summed E-state index contributed by atoms with van der Waals surface area (Å²) in [5.41, 5.74) is 0. The molecule has 84 valence electrons. The molecule has 1 aliphatic carbocycles. The zero-order chi connectivity index (χ0) is 10.8. The van der Waals surface area contributed by atoms with Crippen molar-refractivity contribution in [3.63, 3.8) is 0 Å². The van der Waals surface area contributed by atoms with Crippen LogP contribution in [-0.4, -0.2) is 26.2 Å². The lowest BCUT2D eigenvalue weighted by atomic mass is 9.94. The Hall–Kier alpha value is -0.230. The lowest BCUT2D eigenvalue weighted by molar-refractivity contribution is -0.0681. The van der Waals surface area contributed by atoms with E-state index in [-0.39, 0.29) is 12.2 Å². The molecule has 0 radical (unpaired) electrons. The van der Waals surface area contributed by atoms with Crippen molar-refractivity contribution in [2.24, 2.45) is 0 Å². The van der Waals surface area contributed by atoms with E-state index in [2.05, 4.69) is 4.18 Å². The molecule has 0 heterocycles. The molecule has 0 bridgehead atoms. The minimum Gasteiger partial charge on any atom is -0.267 e. The number of rotatable bonds is 3. The van der Waals surface area contributed by atoms with Gasteiger partial charge >= 0.3 is 0 Å². The first-order chi connectivity index (χ1) is 6.35. The maximum atomic E-state index is 12.9. The van der Waals surface area contributed by atoms with Crippen LogP contribution < -0.4 is 0 Å². The van der Waals surface area contributed by atoms with Gasteiger partial charge in [0.15, 0.2) is 0 Å². The van der Waals surface area contributed by atoms with Crippen molar-refractivity contribution in [3.05, 3.63) is 0 Å². The summed E-state index contributed by atoms with van der Waals surface area (Å²) >= 11 is 0. The Morgan fingerprint density at radius 3 is 2.64 bits per heavy atom. The molecule has 14 heavy (non-hydrogen) atoms. The van der Waals surface area contributed by atoms with E-state index in [9.17, 15) is 17.2 Å². The molecule has 0 aliphatic heterocycles. The molecule has 1 aliphatic rings. The van der Waals surface area contributed by atoms with Crippen LogP contribution in [0.3, 0.4) is 0 Å². The highest BCUT2D eigenvalue weighted by Gasteiger charge is 2.38. The van der Waals surface area contributed by atoms with Crippen LogP contribution >= 0.6 is 0 Å². The highest BCUT2D eigenvalue weighted by Crippen LogP contribution is 2.35. The maximum Gasteiger partial charge on any atom is 0.267 e. The molecule has 0 aromatic rings. The fourth-order valence-corrected chi connectivity index (χ4v) is 2.20. The third kappa shape index (κ3) is 3.49. The summed E-state index contributed by atoms with van der Waals surface area (Å²) in [6, 6.07) is 0. The number of hydrogen-bond donors (Lipinski definition) is 0. The van der Waals surface area contributed by atoms with Gasteiger partial charge in [0.25, 0.3) is 16.0 Å². The maximum absolute atomic E-state index is 12.9. The zero-order valence-electron chi connectivity index (χ0n) is 8.00. The SMILES string of the molecule is CCS(=O)(=O)OC1CCCC(F)(F)C1. The standard InChI is InChI=1S/C8H14F2O3S/c1-2-14(11,12)13-7-4-3-5-8(9,10)6-7/h7H,2-6H2,1H3. The van der Waals surface area contributed by atoms with Crippen molar-refractivity contribution in [2.75, 3.05) is 5.75 Å². The number of alkyl halides is 2. The van der Waals surface area contributed by atoms with Gasteiger partial charge < -0.3 is 0 Å². The van der Waals surface area contributed by atoms with Gasteiger partial charge in [-0.3, -0.25) is 4.18 Å². The van der Waals surface area contributed by atoms with Crippen molar-refractivity contribution < 1.29 is 21.4 Å². The lowest BCUT2D eigenvalue weighted by Gasteiger charge is -2.28. The Kier molecular flexibility index (Phi) is 3.47. The Morgan fingerprint density at radius 2 is 2.14 bits per heavy atom. The molecule has 1 fully saturated rings. The fourth-order valence-electron chi connectivity index (χ4n) is 1.48. The van der Waals surface area contributed by atoms with E-state index in [1.54, 1.807) is 0 Å². The van der Waals surface area contributed by atoms with Crippen LogP contribution in [0.2, 0.25) is 0 Å². The molecule has 1 unspecified atom stereocenters. The van der Waals surface area contributed by atoms with E-state index in [1.807, 2.05) is 0 Å². The molecular formula is C8H14F2O3S. The second-order valence-electron chi connectivity index (χ2n) is 3.52. The van der Waals surface area contributed by atoms with Gasteiger partial charge in [-0.25, -0.2) is 8.78 Å². The summed E-state index contributed by atoms with van der Waals surface area (Å²) in [5.74, 6) is -2.94. The van der Waals surface area contributed by atoms with Gasteiger partial charge in [-0.1, -0.05) is 0 Å². The van der Waals surface area contributed by atoms with Crippen molar-refractivity contribution >= 4 is 10.1 Å². The quantitative estimate of drug-likeness (QED) is 0.693. The van der Waals surface area contributed by atoms with E-state index in [1.165, 1.54) is 6.92 Å². The molecule has 3 nitrogen and oxygen atoms in total. The molecule has 0 aromatic heterocycles. The molecule has 1 atom stereocenters. The second kappa shape index (κ2) is 4.10. The molecule has 0 saturated heterocycles. The van der Waals surface area contributed by atoms with E-state index in [4.69, 9.17) is 0 Å². The summed E-state index contributed by atoms with van der Waals surface area (Å²) in [4.78, 5) is 0. The zero-order valence-corrected chi connectivity index (χ0v) is 8.82. The smallest absolute Gasteiger partial charge is 0.267 e. The molecule has 1 rings (SSSR count). The second-order valence-corrected chi connectivity index (χ2v) is 5.40. The van der Waals surface area contributed by atoms with Gasteiger partial charge in [0.05, 0.1) is 11.9 Å². The molecule has 0 amide bonds. The van der Waals surface area contributed by atoms with Gasteiger partial charge in [-0.15, -0.1) is 0 Å². The van der Waals surface area contributed by atoms with Crippen molar-refractivity contribution in [2.45, 2.75) is 44.6 Å². The Morgan fingerprint density at radius 1 is 1.50 bits per heavy atom. The van der Waals surface area contributed by atoms with Gasteiger partial charge in [0, 0.05) is 12.8 Å². The van der Waals surface area contributed by atoms with E-state index < -0.39 is 28.6 Å². The monoisotopic (exact) mass is 228 g/mol. The highest BCUT2D eigenvalue weighted by molar-refractivity contribution is 7.86. The molecule has 6 heteroatoms. The Bertz CT molecular complexity index is 287. The average Bonchev–Trinajstić information content (AvgIpc) is 2.01. The molecular weight excluding hydrogens is 214 g/mol. The van der Waals surface area contributed by atoms with Crippen LogP contribution in [-0.2, 0) is 14.3 Å². The van der Waals surface area contributed by atoms with Gasteiger partial charge in [0.1, 0.15) is 0 Å². The number of halogens is 2. The number of hydrogen-bond acceptors (Lipinski definition) is 3. The van der Waals surface area contributed by atoms with Gasteiger partial charge in [-0.05, 0) is 19.8 Å². The minimum atomic E-state index is -3.60. The van der Waals surface area contributed by atoms with Crippen LogP contribution in [0.15, 0.2) is 0 Å². The van der Waals surface area contributed by atoms with Crippen LogP contribution in [0.5, 0.6) is 0 Å². The van der Waals surface area contributed by atoms with Crippen molar-refractivity contribution in [1.29, 1.82) is 0 Å². The summed E-state index contributed by atoms with van der Waals surface area (Å²) in [5, 5.41) is 0. The summed E-state index contributed by atoms with van der Waals surface area (Å²) in [6.07, 6.45) is -0.777. The van der Waals surface area contributed by atoms with E-state index >= 15 is 0 Å². The molecule has 1 saturated carbocycles. The largest absolute Gasteiger partial charge is 0.267 e. The molecule has 0 aromatic carbocycles. The van der Waals surface area contributed by atoms with Crippen molar-refractivity contribution in [1.82, 2.24) is 0 Å². The lowest BCUT2D eigenvalue weighted by Crippen LogP contribution is -2.32. The summed E-state index contributed by atoms with van der Waals surface area (Å²) in [6.45, 7) is 1.43. The van der Waals surface area contributed by atoms with E-state index in [0.29, 0.717) is 12.8 Å². The third-order valence-electron chi connectivity index (χ3n) is 2.23. The topological polar surface area (TPSA) is 43.4 Å². The van der Waals surface area contributed by atoms with Crippen LogP contribution in [0, 0.1) is 0 Å². The van der Waals surface area contributed by atoms with Crippen LogP contribution in [0.25, 0.3) is 0 Å². The third-order valence-corrected chi connectivity index (χ3v) is 3.50. The van der Waals surface area contributed by atoms with Crippen molar-refractivity contribution in [3.8, 4) is 0 Å². The minimum absolute atomic E-state index is 0.168. The van der Waals surface area contributed by atoms with Gasteiger partial charge in [0.2, 0.25) is 0 Å². The van der Waals surface area contributed by atoms with Gasteiger partial charge in [-0.2, -0.15) is 8.42 Å². The Labute approximate surface area is 82.6 Å². The highest BCUT2D eigenvalue weighted by atomic mass is 32.2. The predicted molar refractivity (Wildman–Crippen MR) is 47.7 cm³/mol. The predicted octanol–water partition coefficient (Wildman–Crippen LogP) is 1.93. The molecule has 0 spiro atoms. The first-order valence-corrected chi connectivity index (χ1v) is 6.21. The van der Waals surface area contributed by atoms with E-state index in [0.717, 1.165) is 0 Å². The normalized spacial score (nSPS) is 27.5. The average molecular weight is 228 g/mol. The fraction of sp³-hybridized carbons (Fsp3) is 1.00.